The van der Waals surface area contributed by atoms with Gasteiger partial charge >= 0.3 is 0 Å². The zero-order valence-corrected chi connectivity index (χ0v) is 9.01. The van der Waals surface area contributed by atoms with Crippen LogP contribution in [0.2, 0.25) is 0 Å². The minimum Gasteiger partial charge on any atom is -0.380 e. The summed E-state index contributed by atoms with van der Waals surface area (Å²) in [6.45, 7) is 7.56. The van der Waals surface area contributed by atoms with E-state index in [2.05, 4.69) is 19.2 Å². The lowest BCUT2D eigenvalue weighted by atomic mass is 10.1. The van der Waals surface area contributed by atoms with Crippen LogP contribution in [0.15, 0.2) is 0 Å². The van der Waals surface area contributed by atoms with Gasteiger partial charge in [-0.2, -0.15) is 0 Å². The molecular weight excluding hydrogens is 162 g/mol. The maximum Gasteiger partial charge on any atom is 0.0619 e. The number of nitrogens with one attached hydrogen (secondary N) is 1. The molecule has 0 amide bonds. The predicted molar refractivity (Wildman–Crippen MR) is 55.9 cm³/mol. The lowest BCUT2D eigenvalue weighted by Gasteiger charge is -2.11. The minimum atomic E-state index is 0.638. The number of hydrogen-bond acceptors (Lipinski definition) is 2. The average molecular weight is 185 g/mol. The van der Waals surface area contributed by atoms with Gasteiger partial charge in [0.2, 0.25) is 0 Å². The van der Waals surface area contributed by atoms with Gasteiger partial charge in [-0.3, -0.25) is 0 Å². The van der Waals surface area contributed by atoms with Crippen LogP contribution >= 0.6 is 0 Å². The van der Waals surface area contributed by atoms with E-state index in [9.17, 15) is 0 Å². The summed E-state index contributed by atoms with van der Waals surface area (Å²) < 4.78 is 5.61. The first-order chi connectivity index (χ1) is 6.29. The fraction of sp³-hybridized carbons (Fsp3) is 1.00. The van der Waals surface area contributed by atoms with Crippen LogP contribution in [0.25, 0.3) is 0 Å². The van der Waals surface area contributed by atoms with E-state index in [-0.39, 0.29) is 0 Å². The molecule has 0 bridgehead atoms. The molecule has 0 radical (unpaired) electrons. The van der Waals surface area contributed by atoms with Crippen molar-refractivity contribution in [3.05, 3.63) is 0 Å². The molecule has 1 fully saturated rings. The van der Waals surface area contributed by atoms with Crippen LogP contribution in [0, 0.1) is 5.92 Å². The van der Waals surface area contributed by atoms with Crippen LogP contribution in [0.4, 0.5) is 0 Å². The summed E-state index contributed by atoms with van der Waals surface area (Å²) in [5.41, 5.74) is 0. The smallest absolute Gasteiger partial charge is 0.0619 e. The highest BCUT2D eigenvalue weighted by molar-refractivity contribution is 4.73. The molecule has 1 unspecified atom stereocenters. The molecular formula is C11H23NO. The van der Waals surface area contributed by atoms with E-state index < -0.39 is 0 Å². The van der Waals surface area contributed by atoms with E-state index in [0.29, 0.717) is 6.04 Å². The number of hydrogen-bond donors (Lipinski definition) is 1. The molecule has 1 saturated heterocycles. The van der Waals surface area contributed by atoms with E-state index in [1.807, 2.05) is 0 Å². The van der Waals surface area contributed by atoms with Crippen molar-refractivity contribution in [1.29, 1.82) is 0 Å². The quantitative estimate of drug-likeness (QED) is 0.640. The molecule has 1 heterocycles. The van der Waals surface area contributed by atoms with E-state index in [1.165, 1.54) is 32.2 Å². The van der Waals surface area contributed by atoms with Gasteiger partial charge in [0, 0.05) is 12.6 Å². The van der Waals surface area contributed by atoms with Gasteiger partial charge in [0.05, 0.1) is 6.61 Å². The Morgan fingerprint density at radius 1 is 1.46 bits per heavy atom. The zero-order chi connectivity index (χ0) is 9.52. The first kappa shape index (κ1) is 11.0. The van der Waals surface area contributed by atoms with Crippen LogP contribution in [-0.4, -0.2) is 25.8 Å². The van der Waals surface area contributed by atoms with E-state index in [0.717, 1.165) is 19.1 Å². The molecule has 13 heavy (non-hydrogen) atoms. The molecule has 0 aromatic rings. The van der Waals surface area contributed by atoms with Crippen molar-refractivity contribution < 1.29 is 4.74 Å². The Hall–Kier alpha value is -0.0800. The summed E-state index contributed by atoms with van der Waals surface area (Å²) in [7, 11) is 0. The molecule has 0 saturated carbocycles. The van der Waals surface area contributed by atoms with Gasteiger partial charge in [-0.1, -0.05) is 13.8 Å². The van der Waals surface area contributed by atoms with Crippen molar-refractivity contribution in [2.75, 3.05) is 19.8 Å². The maximum atomic E-state index is 5.61. The highest BCUT2D eigenvalue weighted by atomic mass is 16.5. The molecule has 1 rings (SSSR count). The fourth-order valence-electron chi connectivity index (χ4n) is 1.72. The molecule has 0 aromatic heterocycles. The van der Waals surface area contributed by atoms with Crippen molar-refractivity contribution >= 4 is 0 Å². The monoisotopic (exact) mass is 185 g/mol. The predicted octanol–water partition coefficient (Wildman–Crippen LogP) is 2.19. The second-order valence-electron chi connectivity index (χ2n) is 4.40. The van der Waals surface area contributed by atoms with Gasteiger partial charge in [0.25, 0.3) is 0 Å². The lowest BCUT2D eigenvalue weighted by Crippen LogP contribution is -2.26. The Bertz CT molecular complexity index is 119. The number of ether oxygens (including phenoxy) is 1. The van der Waals surface area contributed by atoms with Gasteiger partial charge < -0.3 is 10.1 Å². The standard InChI is InChI=1S/C11H23NO/c1-10(2)5-4-8-13-9-11-6-3-7-12-11/h10-12H,3-9H2,1-2H3. The summed E-state index contributed by atoms with van der Waals surface area (Å²) in [4.78, 5) is 0. The Morgan fingerprint density at radius 3 is 2.92 bits per heavy atom. The van der Waals surface area contributed by atoms with Crippen molar-refractivity contribution in [2.24, 2.45) is 5.92 Å². The highest BCUT2D eigenvalue weighted by Crippen LogP contribution is 2.06. The summed E-state index contributed by atoms with van der Waals surface area (Å²) in [6, 6.07) is 0.638. The normalized spacial score (nSPS) is 22.8. The third kappa shape index (κ3) is 5.27. The molecule has 0 spiro atoms. The van der Waals surface area contributed by atoms with Crippen LogP contribution in [-0.2, 0) is 4.74 Å². The van der Waals surface area contributed by atoms with Crippen molar-refractivity contribution in [3.8, 4) is 0 Å². The van der Waals surface area contributed by atoms with Crippen molar-refractivity contribution in [2.45, 2.75) is 45.6 Å². The second kappa shape index (κ2) is 6.39. The first-order valence-electron chi connectivity index (χ1n) is 5.60. The van der Waals surface area contributed by atoms with Gasteiger partial charge in [-0.05, 0) is 38.1 Å². The Kier molecular flexibility index (Phi) is 5.40. The van der Waals surface area contributed by atoms with Gasteiger partial charge in [-0.25, -0.2) is 0 Å². The summed E-state index contributed by atoms with van der Waals surface area (Å²) >= 11 is 0. The third-order valence-corrected chi connectivity index (χ3v) is 2.55. The Morgan fingerprint density at radius 2 is 2.31 bits per heavy atom. The van der Waals surface area contributed by atoms with E-state index in [4.69, 9.17) is 4.74 Å². The maximum absolute atomic E-state index is 5.61. The van der Waals surface area contributed by atoms with Crippen molar-refractivity contribution in [3.63, 3.8) is 0 Å². The third-order valence-electron chi connectivity index (χ3n) is 2.55. The Labute approximate surface area is 82.0 Å². The van der Waals surface area contributed by atoms with Crippen LogP contribution < -0.4 is 5.32 Å². The van der Waals surface area contributed by atoms with Crippen molar-refractivity contribution in [1.82, 2.24) is 5.32 Å². The molecule has 1 N–H and O–H groups in total. The Balaban J connectivity index is 1.83. The van der Waals surface area contributed by atoms with E-state index in [1.54, 1.807) is 0 Å². The molecule has 2 heteroatoms. The van der Waals surface area contributed by atoms with Crippen LogP contribution in [0.3, 0.4) is 0 Å². The highest BCUT2D eigenvalue weighted by Gasteiger charge is 2.13. The molecule has 0 aliphatic carbocycles. The molecule has 2 nitrogen and oxygen atoms in total. The second-order valence-corrected chi connectivity index (χ2v) is 4.40. The first-order valence-corrected chi connectivity index (χ1v) is 5.60. The molecule has 1 atom stereocenters. The topological polar surface area (TPSA) is 21.3 Å². The lowest BCUT2D eigenvalue weighted by molar-refractivity contribution is 0.111. The largest absolute Gasteiger partial charge is 0.380 e. The van der Waals surface area contributed by atoms with E-state index >= 15 is 0 Å². The number of rotatable bonds is 6. The SMILES string of the molecule is CC(C)CCCOCC1CCCN1. The van der Waals surface area contributed by atoms with Gasteiger partial charge in [-0.15, -0.1) is 0 Å². The molecule has 1 aliphatic rings. The van der Waals surface area contributed by atoms with Gasteiger partial charge in [0.15, 0.2) is 0 Å². The summed E-state index contributed by atoms with van der Waals surface area (Å²) in [5.74, 6) is 0.813. The molecule has 78 valence electrons. The minimum absolute atomic E-state index is 0.638. The summed E-state index contributed by atoms with van der Waals surface area (Å²) in [5, 5.41) is 3.43. The van der Waals surface area contributed by atoms with Gasteiger partial charge in [0.1, 0.15) is 0 Å². The fourth-order valence-corrected chi connectivity index (χ4v) is 1.72. The average Bonchev–Trinajstić information content (AvgIpc) is 2.55. The molecule has 1 aliphatic heterocycles. The van der Waals surface area contributed by atoms with Crippen LogP contribution in [0.1, 0.15) is 39.5 Å². The summed E-state index contributed by atoms with van der Waals surface area (Å²) in [6.07, 6.45) is 5.12. The molecule has 0 aromatic carbocycles. The zero-order valence-electron chi connectivity index (χ0n) is 9.01. The van der Waals surface area contributed by atoms with Crippen LogP contribution in [0.5, 0.6) is 0 Å².